The first-order valence-electron chi connectivity index (χ1n) is 9.57. The number of carbonyl (C=O) groups excluding carboxylic acids is 1. The zero-order chi connectivity index (χ0) is 20.0. The first-order valence-corrected chi connectivity index (χ1v) is 11.9. The molecule has 6 nitrogen and oxygen atoms in total. The second kappa shape index (κ2) is 9.54. The Kier molecular flexibility index (Phi) is 7.09. The summed E-state index contributed by atoms with van der Waals surface area (Å²) >= 11 is 1.18. The largest absolute Gasteiger partial charge is 0.494 e. The van der Waals surface area contributed by atoms with E-state index in [2.05, 4.69) is 12.2 Å². The van der Waals surface area contributed by atoms with Gasteiger partial charge in [-0.05, 0) is 48.4 Å². The molecule has 1 fully saturated rings. The van der Waals surface area contributed by atoms with Gasteiger partial charge in [-0.1, -0.05) is 31.5 Å². The lowest BCUT2D eigenvalue weighted by Crippen LogP contribution is -2.45. The Morgan fingerprint density at radius 3 is 2.93 bits per heavy atom. The molecular weight excluding hydrogens is 396 g/mol. The molecule has 1 aliphatic rings. The van der Waals surface area contributed by atoms with Crippen LogP contribution in [0.1, 0.15) is 38.2 Å². The molecule has 0 saturated carbocycles. The Balaban J connectivity index is 1.61. The van der Waals surface area contributed by atoms with Crippen molar-refractivity contribution in [2.75, 3.05) is 13.2 Å². The van der Waals surface area contributed by atoms with Gasteiger partial charge in [-0.15, -0.1) is 11.3 Å². The number of amides is 1. The van der Waals surface area contributed by atoms with Gasteiger partial charge in [0.25, 0.3) is 10.0 Å². The van der Waals surface area contributed by atoms with E-state index in [9.17, 15) is 13.2 Å². The van der Waals surface area contributed by atoms with Gasteiger partial charge < -0.3 is 10.1 Å². The normalized spacial score (nSPS) is 17.5. The highest BCUT2D eigenvalue weighted by molar-refractivity contribution is 7.91. The van der Waals surface area contributed by atoms with Gasteiger partial charge in [0, 0.05) is 13.1 Å². The van der Waals surface area contributed by atoms with E-state index in [1.54, 1.807) is 17.5 Å². The molecule has 0 unspecified atom stereocenters. The van der Waals surface area contributed by atoms with E-state index in [4.69, 9.17) is 4.74 Å². The lowest BCUT2D eigenvalue weighted by atomic mass is 10.2. The van der Waals surface area contributed by atoms with Crippen LogP contribution in [-0.2, 0) is 21.4 Å². The first-order chi connectivity index (χ1) is 13.5. The Hall–Kier alpha value is -1.90. The number of benzene rings is 1. The third-order valence-corrected chi connectivity index (χ3v) is 7.98. The Morgan fingerprint density at radius 2 is 2.18 bits per heavy atom. The molecule has 1 aliphatic heterocycles. The van der Waals surface area contributed by atoms with E-state index in [0.717, 1.165) is 24.2 Å². The van der Waals surface area contributed by atoms with Gasteiger partial charge in [0.1, 0.15) is 16.0 Å². The van der Waals surface area contributed by atoms with E-state index >= 15 is 0 Å². The summed E-state index contributed by atoms with van der Waals surface area (Å²) in [5.41, 5.74) is 0.924. The van der Waals surface area contributed by atoms with Crippen molar-refractivity contribution in [1.82, 2.24) is 9.62 Å². The molecule has 1 amide bonds. The van der Waals surface area contributed by atoms with Crippen molar-refractivity contribution < 1.29 is 17.9 Å². The summed E-state index contributed by atoms with van der Waals surface area (Å²) in [4.78, 5) is 12.7. The molecule has 1 saturated heterocycles. The minimum Gasteiger partial charge on any atom is -0.494 e. The molecule has 3 rings (SSSR count). The van der Waals surface area contributed by atoms with Crippen molar-refractivity contribution in [1.29, 1.82) is 0 Å². The third kappa shape index (κ3) is 4.92. The van der Waals surface area contributed by atoms with E-state index in [0.29, 0.717) is 32.5 Å². The summed E-state index contributed by atoms with van der Waals surface area (Å²) in [5, 5.41) is 4.62. The molecule has 2 heterocycles. The lowest BCUT2D eigenvalue weighted by molar-refractivity contribution is -0.124. The number of hydrogen-bond acceptors (Lipinski definition) is 5. The van der Waals surface area contributed by atoms with Crippen LogP contribution in [-0.4, -0.2) is 37.8 Å². The van der Waals surface area contributed by atoms with Gasteiger partial charge in [0.2, 0.25) is 5.91 Å². The number of nitrogens with one attached hydrogen (secondary N) is 1. The van der Waals surface area contributed by atoms with Crippen LogP contribution < -0.4 is 10.1 Å². The second-order valence-corrected chi connectivity index (χ2v) is 9.84. The van der Waals surface area contributed by atoms with Crippen LogP contribution in [0.4, 0.5) is 0 Å². The maximum atomic E-state index is 12.8. The zero-order valence-corrected chi connectivity index (χ0v) is 17.6. The van der Waals surface area contributed by atoms with E-state index < -0.39 is 16.1 Å². The van der Waals surface area contributed by atoms with Crippen molar-refractivity contribution >= 4 is 27.3 Å². The predicted molar refractivity (Wildman–Crippen MR) is 110 cm³/mol. The monoisotopic (exact) mass is 422 g/mol. The summed E-state index contributed by atoms with van der Waals surface area (Å²) in [6, 6.07) is 10.2. The average Bonchev–Trinajstić information content (AvgIpc) is 3.39. The second-order valence-electron chi connectivity index (χ2n) is 6.77. The molecule has 0 radical (unpaired) electrons. The molecule has 0 aliphatic carbocycles. The van der Waals surface area contributed by atoms with E-state index in [-0.39, 0.29) is 10.1 Å². The Bertz CT molecular complexity index is 881. The topological polar surface area (TPSA) is 75.7 Å². The molecule has 28 heavy (non-hydrogen) atoms. The number of carbonyl (C=O) groups is 1. The van der Waals surface area contributed by atoms with E-state index in [1.165, 1.54) is 15.6 Å². The summed E-state index contributed by atoms with van der Waals surface area (Å²) in [5.74, 6) is 0.526. The Labute approximate surface area is 170 Å². The molecule has 0 spiro atoms. The molecule has 1 atom stereocenters. The molecule has 0 bridgehead atoms. The molecule has 152 valence electrons. The highest BCUT2D eigenvalue weighted by Gasteiger charge is 2.39. The molecule has 1 aromatic carbocycles. The van der Waals surface area contributed by atoms with Gasteiger partial charge in [0.15, 0.2) is 0 Å². The van der Waals surface area contributed by atoms with Crippen LogP contribution in [0.15, 0.2) is 46.0 Å². The first kappa shape index (κ1) is 20.8. The number of hydrogen-bond donors (Lipinski definition) is 1. The summed E-state index contributed by atoms with van der Waals surface area (Å²) in [6.07, 6.45) is 3.29. The van der Waals surface area contributed by atoms with Crippen LogP contribution in [0.2, 0.25) is 0 Å². The van der Waals surface area contributed by atoms with Crippen molar-refractivity contribution in [3.63, 3.8) is 0 Å². The summed E-state index contributed by atoms with van der Waals surface area (Å²) in [7, 11) is -3.62. The van der Waals surface area contributed by atoms with Crippen LogP contribution in [0.3, 0.4) is 0 Å². The van der Waals surface area contributed by atoms with Crippen LogP contribution in [0, 0.1) is 0 Å². The molecular formula is C20H26N2O4S2. The number of nitrogens with zero attached hydrogens (tertiary/aromatic N) is 1. The molecule has 8 heteroatoms. The molecule has 1 N–H and O–H groups in total. The highest BCUT2D eigenvalue weighted by atomic mass is 32.2. The van der Waals surface area contributed by atoms with Gasteiger partial charge >= 0.3 is 0 Å². The maximum absolute atomic E-state index is 12.8. The highest BCUT2D eigenvalue weighted by Crippen LogP contribution is 2.28. The number of sulfonamides is 1. The average molecular weight is 423 g/mol. The van der Waals surface area contributed by atoms with Gasteiger partial charge in [-0.25, -0.2) is 8.42 Å². The van der Waals surface area contributed by atoms with Crippen LogP contribution in [0.25, 0.3) is 0 Å². The number of ether oxygens (including phenoxy) is 1. The van der Waals surface area contributed by atoms with Crippen molar-refractivity contribution in [2.45, 2.75) is 49.4 Å². The smallest absolute Gasteiger partial charge is 0.253 e. The zero-order valence-electron chi connectivity index (χ0n) is 16.0. The lowest BCUT2D eigenvalue weighted by Gasteiger charge is -2.22. The number of thiophene rings is 1. The SMILES string of the molecule is CCCCOc1cccc(CNC(=O)[C@H]2CCCN2S(=O)(=O)c2cccs2)c1. The summed E-state index contributed by atoms with van der Waals surface area (Å²) in [6.45, 7) is 3.50. The fourth-order valence-corrected chi connectivity index (χ4v) is 5.98. The van der Waals surface area contributed by atoms with Crippen LogP contribution in [0.5, 0.6) is 5.75 Å². The molecule has 2 aromatic rings. The van der Waals surface area contributed by atoms with Gasteiger partial charge in [-0.3, -0.25) is 4.79 Å². The quantitative estimate of drug-likeness (QED) is 0.629. The predicted octanol–water partition coefficient (Wildman–Crippen LogP) is 3.40. The van der Waals surface area contributed by atoms with Crippen molar-refractivity contribution in [2.24, 2.45) is 0 Å². The number of rotatable bonds is 9. The molecule has 1 aromatic heterocycles. The number of unbranched alkanes of at least 4 members (excludes halogenated alkanes) is 1. The van der Waals surface area contributed by atoms with Gasteiger partial charge in [-0.2, -0.15) is 4.31 Å². The summed E-state index contributed by atoms with van der Waals surface area (Å²) < 4.78 is 32.9. The van der Waals surface area contributed by atoms with Gasteiger partial charge in [0.05, 0.1) is 6.61 Å². The Morgan fingerprint density at radius 1 is 1.32 bits per heavy atom. The minimum atomic E-state index is -3.62. The fraction of sp³-hybridized carbons (Fsp3) is 0.450. The maximum Gasteiger partial charge on any atom is 0.253 e. The minimum absolute atomic E-state index is 0.255. The third-order valence-electron chi connectivity index (χ3n) is 4.70. The fourth-order valence-electron chi connectivity index (χ4n) is 3.20. The standard InChI is InChI=1S/C20H26N2O4S2/c1-2-3-12-26-17-8-4-7-16(14-17)15-21-20(23)18-9-5-11-22(18)28(24,25)19-10-6-13-27-19/h4,6-8,10,13-14,18H,2-3,5,9,11-12,15H2,1H3,(H,21,23)/t18-/m1/s1. The van der Waals surface area contributed by atoms with Crippen molar-refractivity contribution in [3.8, 4) is 5.75 Å². The van der Waals surface area contributed by atoms with Crippen LogP contribution >= 0.6 is 11.3 Å². The van der Waals surface area contributed by atoms with E-state index in [1.807, 2.05) is 24.3 Å². The van der Waals surface area contributed by atoms with Crippen molar-refractivity contribution in [3.05, 3.63) is 47.3 Å².